The van der Waals surface area contributed by atoms with E-state index in [-0.39, 0.29) is 23.7 Å². The fourth-order valence-electron chi connectivity index (χ4n) is 4.77. The first-order valence-electron chi connectivity index (χ1n) is 14.0. The van der Waals surface area contributed by atoms with Crippen molar-refractivity contribution in [3.8, 4) is 11.1 Å². The maximum Gasteiger partial charge on any atom is 0.309 e. The van der Waals surface area contributed by atoms with E-state index in [1.807, 2.05) is 98.9 Å². The van der Waals surface area contributed by atoms with Crippen molar-refractivity contribution in [2.24, 2.45) is 11.8 Å². The molecule has 1 heterocycles. The number of benzene rings is 3. The van der Waals surface area contributed by atoms with Crippen LogP contribution in [0, 0.1) is 11.8 Å². The van der Waals surface area contributed by atoms with Crippen molar-refractivity contribution >= 4 is 11.9 Å². The number of carbonyl (C=O) groups excluding carboxylic acids is 2. The van der Waals surface area contributed by atoms with Gasteiger partial charge in [-0.05, 0) is 59.2 Å². The van der Waals surface area contributed by atoms with E-state index in [2.05, 4.69) is 24.0 Å². The Kier molecular flexibility index (Phi) is 10.2. The van der Waals surface area contributed by atoms with Gasteiger partial charge >= 0.3 is 5.97 Å². The lowest BCUT2D eigenvalue weighted by atomic mass is 9.87. The highest BCUT2D eigenvalue weighted by Gasteiger charge is 2.23. The van der Waals surface area contributed by atoms with Crippen molar-refractivity contribution in [1.82, 2.24) is 9.88 Å². The summed E-state index contributed by atoms with van der Waals surface area (Å²) in [5.74, 6) is -0.248. The molecule has 4 rings (SSSR count). The summed E-state index contributed by atoms with van der Waals surface area (Å²) in [4.78, 5) is 32.4. The number of amides is 1. The maximum absolute atomic E-state index is 13.5. The Balaban J connectivity index is 1.41. The van der Waals surface area contributed by atoms with Gasteiger partial charge in [0.1, 0.15) is 6.61 Å². The van der Waals surface area contributed by atoms with Gasteiger partial charge in [-0.2, -0.15) is 0 Å². The van der Waals surface area contributed by atoms with Crippen LogP contribution in [0.5, 0.6) is 0 Å². The molecule has 206 valence electrons. The third-order valence-corrected chi connectivity index (χ3v) is 7.56. The number of esters is 1. The summed E-state index contributed by atoms with van der Waals surface area (Å²) in [5, 5.41) is 0. The van der Waals surface area contributed by atoms with E-state index in [0.717, 1.165) is 40.8 Å². The number of ether oxygens (including phenoxy) is 1. The third-order valence-electron chi connectivity index (χ3n) is 7.56. The Labute approximate surface area is 237 Å². The predicted molar refractivity (Wildman–Crippen MR) is 160 cm³/mol. The highest BCUT2D eigenvalue weighted by Crippen LogP contribution is 2.30. The standard InChI is InChI=1S/C35H38N2O3/c1-26(27(2)35(39)40-25-28-13-5-4-6-14-28)20-21-29-15-7-8-17-31(29)32-18-9-10-19-33(32)34(38)37(3)24-22-30-16-11-12-23-36-30/h4-19,23,26-27H,20-22,24-25H2,1-3H3. The molecule has 1 aromatic heterocycles. The van der Waals surface area contributed by atoms with Crippen LogP contribution in [0.1, 0.15) is 47.4 Å². The number of aromatic nitrogens is 1. The third kappa shape index (κ3) is 7.66. The number of hydrogen-bond acceptors (Lipinski definition) is 4. The molecule has 0 aliphatic rings. The van der Waals surface area contributed by atoms with E-state index in [1.165, 1.54) is 0 Å². The molecule has 3 aromatic carbocycles. The van der Waals surface area contributed by atoms with Crippen LogP contribution in [-0.4, -0.2) is 35.4 Å². The molecule has 1 amide bonds. The maximum atomic E-state index is 13.5. The van der Waals surface area contributed by atoms with Crippen LogP contribution in [0.15, 0.2) is 103 Å². The van der Waals surface area contributed by atoms with Crippen molar-refractivity contribution in [2.45, 2.75) is 39.7 Å². The average Bonchev–Trinajstić information content (AvgIpc) is 3.01. The quantitative estimate of drug-likeness (QED) is 0.183. The van der Waals surface area contributed by atoms with Crippen molar-refractivity contribution in [3.63, 3.8) is 0 Å². The van der Waals surface area contributed by atoms with Gasteiger partial charge in [0.2, 0.25) is 0 Å². The van der Waals surface area contributed by atoms with Crippen LogP contribution in [0.25, 0.3) is 11.1 Å². The van der Waals surface area contributed by atoms with Crippen LogP contribution < -0.4 is 0 Å². The van der Waals surface area contributed by atoms with Gasteiger partial charge in [0.05, 0.1) is 5.92 Å². The first-order chi connectivity index (χ1) is 19.4. The molecule has 4 aromatic rings. The van der Waals surface area contributed by atoms with Gasteiger partial charge in [-0.25, -0.2) is 0 Å². The number of hydrogen-bond donors (Lipinski definition) is 0. The van der Waals surface area contributed by atoms with Gasteiger partial charge in [0.25, 0.3) is 5.91 Å². The fourth-order valence-corrected chi connectivity index (χ4v) is 4.77. The lowest BCUT2D eigenvalue weighted by molar-refractivity contribution is -0.151. The number of carbonyl (C=O) groups is 2. The Morgan fingerprint density at radius 2 is 1.48 bits per heavy atom. The van der Waals surface area contributed by atoms with E-state index in [1.54, 1.807) is 11.1 Å². The highest BCUT2D eigenvalue weighted by atomic mass is 16.5. The topological polar surface area (TPSA) is 59.5 Å². The molecule has 0 radical (unpaired) electrons. The smallest absolute Gasteiger partial charge is 0.309 e. The molecule has 0 bridgehead atoms. The van der Waals surface area contributed by atoms with Gasteiger partial charge < -0.3 is 9.64 Å². The minimum absolute atomic E-state index is 0.00974. The number of aryl methyl sites for hydroxylation is 1. The molecule has 0 aliphatic carbocycles. The van der Waals surface area contributed by atoms with E-state index in [4.69, 9.17) is 4.74 Å². The molecule has 0 fully saturated rings. The van der Waals surface area contributed by atoms with E-state index >= 15 is 0 Å². The monoisotopic (exact) mass is 534 g/mol. The molecule has 2 atom stereocenters. The minimum atomic E-state index is -0.211. The van der Waals surface area contributed by atoms with Gasteiger partial charge in [-0.3, -0.25) is 14.6 Å². The van der Waals surface area contributed by atoms with Crippen molar-refractivity contribution in [3.05, 3.63) is 126 Å². The van der Waals surface area contributed by atoms with Crippen molar-refractivity contribution < 1.29 is 14.3 Å². The normalized spacial score (nSPS) is 12.4. The Morgan fingerprint density at radius 3 is 2.23 bits per heavy atom. The molecule has 0 saturated carbocycles. The van der Waals surface area contributed by atoms with Gasteiger partial charge in [0.15, 0.2) is 0 Å². The summed E-state index contributed by atoms with van der Waals surface area (Å²) < 4.78 is 5.58. The predicted octanol–water partition coefficient (Wildman–Crippen LogP) is 7.01. The zero-order valence-corrected chi connectivity index (χ0v) is 23.6. The number of likely N-dealkylation sites (N-methyl/N-ethyl adjacent to an activating group) is 1. The summed E-state index contributed by atoms with van der Waals surface area (Å²) in [7, 11) is 1.84. The molecule has 0 spiro atoms. The van der Waals surface area contributed by atoms with Crippen LogP contribution >= 0.6 is 0 Å². The Bertz CT molecular complexity index is 1390. The first kappa shape index (κ1) is 28.8. The van der Waals surface area contributed by atoms with Crippen molar-refractivity contribution in [1.29, 1.82) is 0 Å². The molecular formula is C35H38N2O3. The SMILES string of the molecule is CC(CCc1ccccc1-c1ccccc1C(=O)N(C)CCc1ccccn1)C(C)C(=O)OCc1ccccc1. The summed E-state index contributed by atoms with van der Waals surface area (Å²) >= 11 is 0. The van der Waals surface area contributed by atoms with Gasteiger partial charge in [0, 0.05) is 37.5 Å². The lowest BCUT2D eigenvalue weighted by Crippen LogP contribution is -2.29. The summed E-state index contributed by atoms with van der Waals surface area (Å²) in [6, 6.07) is 31.6. The van der Waals surface area contributed by atoms with Gasteiger partial charge in [-0.1, -0.05) is 92.7 Å². The summed E-state index contributed by atoms with van der Waals surface area (Å²) in [6.45, 7) is 4.92. The molecule has 0 saturated heterocycles. The second kappa shape index (κ2) is 14.2. The summed E-state index contributed by atoms with van der Waals surface area (Å²) in [5.41, 5.74) is 5.78. The molecule has 2 unspecified atom stereocenters. The Morgan fingerprint density at radius 1 is 0.800 bits per heavy atom. The highest BCUT2D eigenvalue weighted by molar-refractivity contribution is 6.01. The molecule has 40 heavy (non-hydrogen) atoms. The largest absolute Gasteiger partial charge is 0.461 e. The van der Waals surface area contributed by atoms with E-state index in [9.17, 15) is 9.59 Å². The van der Waals surface area contributed by atoms with Crippen LogP contribution in [0.2, 0.25) is 0 Å². The molecule has 5 heteroatoms. The lowest BCUT2D eigenvalue weighted by Gasteiger charge is -2.21. The fraction of sp³-hybridized carbons (Fsp3) is 0.286. The zero-order chi connectivity index (χ0) is 28.3. The minimum Gasteiger partial charge on any atom is -0.461 e. The number of pyridine rings is 1. The molecular weight excluding hydrogens is 496 g/mol. The first-order valence-corrected chi connectivity index (χ1v) is 14.0. The van der Waals surface area contributed by atoms with Gasteiger partial charge in [-0.15, -0.1) is 0 Å². The zero-order valence-electron chi connectivity index (χ0n) is 23.6. The van der Waals surface area contributed by atoms with E-state index in [0.29, 0.717) is 25.1 Å². The Hall–Kier alpha value is -4.25. The van der Waals surface area contributed by atoms with E-state index < -0.39 is 0 Å². The second-order valence-corrected chi connectivity index (χ2v) is 10.4. The molecule has 0 aliphatic heterocycles. The molecule has 0 N–H and O–H groups in total. The van der Waals surface area contributed by atoms with Crippen LogP contribution in [-0.2, 0) is 29.0 Å². The summed E-state index contributed by atoms with van der Waals surface area (Å²) in [6.07, 6.45) is 4.11. The number of rotatable bonds is 12. The van der Waals surface area contributed by atoms with Crippen molar-refractivity contribution in [2.75, 3.05) is 13.6 Å². The second-order valence-electron chi connectivity index (χ2n) is 10.4. The number of nitrogens with zero attached hydrogens (tertiary/aromatic N) is 2. The average molecular weight is 535 g/mol. The molecule has 5 nitrogen and oxygen atoms in total. The van der Waals surface area contributed by atoms with Crippen LogP contribution in [0.4, 0.5) is 0 Å². The van der Waals surface area contributed by atoms with Crippen LogP contribution in [0.3, 0.4) is 0 Å².